The van der Waals surface area contributed by atoms with Gasteiger partial charge in [-0.3, -0.25) is 9.59 Å². The van der Waals surface area contributed by atoms with Crippen molar-refractivity contribution in [2.45, 2.75) is 24.7 Å². The monoisotopic (exact) mass is 532 g/mol. The Balaban J connectivity index is 0.000000695. The number of aliphatic hydroxyl groups excluding tert-OH is 1. The minimum atomic E-state index is -4.41. The molecule has 1 saturated heterocycles. The van der Waals surface area contributed by atoms with Gasteiger partial charge >= 0.3 is 6.18 Å². The maximum Gasteiger partial charge on any atom is 0.416 e. The summed E-state index contributed by atoms with van der Waals surface area (Å²) >= 11 is 4.71. The number of alkyl halides is 3. The number of fused-ring (bicyclic) bond motifs is 1. The van der Waals surface area contributed by atoms with E-state index in [4.69, 9.17) is 11.6 Å². The Hall–Kier alpha value is -3.76. The molecule has 7 nitrogen and oxygen atoms in total. The first-order valence-electron chi connectivity index (χ1n) is 11.1. The van der Waals surface area contributed by atoms with Crippen LogP contribution >= 0.6 is 11.6 Å². The molecule has 37 heavy (non-hydrogen) atoms. The Morgan fingerprint density at radius 3 is 2.24 bits per heavy atom. The van der Waals surface area contributed by atoms with Gasteiger partial charge in [0.25, 0.3) is 0 Å². The topological polar surface area (TPSA) is 95.4 Å². The van der Waals surface area contributed by atoms with Crippen molar-refractivity contribution < 1.29 is 27.9 Å². The van der Waals surface area contributed by atoms with Crippen LogP contribution in [0, 0.1) is 0 Å². The fourth-order valence-electron chi connectivity index (χ4n) is 4.02. The quantitative estimate of drug-likeness (QED) is 0.349. The van der Waals surface area contributed by atoms with Gasteiger partial charge in [0.2, 0.25) is 11.1 Å². The number of allylic oxidation sites excluding steroid dienone is 1. The van der Waals surface area contributed by atoms with Crippen molar-refractivity contribution in [2.24, 2.45) is 0 Å². The first-order chi connectivity index (χ1) is 17.6. The lowest BCUT2D eigenvalue weighted by atomic mass is 10.0. The highest BCUT2D eigenvalue weighted by Crippen LogP contribution is 2.34. The molecule has 11 heteroatoms. The predicted octanol–water partition coefficient (Wildman–Crippen LogP) is 4.81. The van der Waals surface area contributed by atoms with Crippen LogP contribution in [-0.2, 0) is 15.8 Å². The maximum atomic E-state index is 12.9. The fraction of sp³-hybridized carbons (Fsp3) is 0.231. The summed E-state index contributed by atoms with van der Waals surface area (Å²) in [5.74, 6) is 0.257. The largest absolute Gasteiger partial charge is 0.416 e. The second kappa shape index (κ2) is 12.0. The Labute approximate surface area is 216 Å². The molecule has 194 valence electrons. The minimum absolute atomic E-state index is 0.148. The van der Waals surface area contributed by atoms with Crippen molar-refractivity contribution in [3.05, 3.63) is 79.4 Å². The van der Waals surface area contributed by atoms with Gasteiger partial charge in [-0.15, -0.1) is 10.2 Å². The maximum absolute atomic E-state index is 12.9. The van der Waals surface area contributed by atoms with Crippen molar-refractivity contribution in [1.29, 1.82) is 0 Å². The number of amides is 1. The number of rotatable bonds is 6. The number of aromatic nitrogens is 2. The molecule has 0 spiro atoms. The van der Waals surface area contributed by atoms with Gasteiger partial charge in [-0.25, -0.2) is 0 Å². The molecule has 3 aromatic rings. The van der Waals surface area contributed by atoms with Crippen LogP contribution in [0.5, 0.6) is 0 Å². The van der Waals surface area contributed by atoms with E-state index in [0.29, 0.717) is 30.0 Å². The lowest BCUT2D eigenvalue weighted by Crippen LogP contribution is -2.37. The van der Waals surface area contributed by atoms with Crippen molar-refractivity contribution in [2.75, 3.05) is 18.5 Å². The van der Waals surface area contributed by atoms with Gasteiger partial charge in [0.05, 0.1) is 18.2 Å². The van der Waals surface area contributed by atoms with Crippen molar-refractivity contribution in [3.63, 3.8) is 0 Å². The lowest BCUT2D eigenvalue weighted by molar-refractivity contribution is -0.137. The molecule has 2 heterocycles. The molecule has 1 fully saturated rings. The van der Waals surface area contributed by atoms with E-state index in [9.17, 15) is 27.9 Å². The molecule has 2 aromatic carbocycles. The standard InChI is InChI=1S/C23H21F3N4O2.C3H3ClO/c1-2-20(32)30-12-16(11-17(30)13-31)27-22-19-6-4-3-5-18(19)21(28-29-22)14-7-9-15(10-8-14)23(24,25)26;1-2-3(4)5/h2-10,16-17,31H,1,11-13H2,(H,27,29);2H,1H2/t16-,17-;/m0./s1. The van der Waals surface area contributed by atoms with E-state index in [1.165, 1.54) is 18.2 Å². The van der Waals surface area contributed by atoms with Crippen LogP contribution < -0.4 is 5.32 Å². The van der Waals surface area contributed by atoms with E-state index in [1.54, 1.807) is 4.90 Å². The first-order valence-corrected chi connectivity index (χ1v) is 11.5. The van der Waals surface area contributed by atoms with Crippen LogP contribution in [0.1, 0.15) is 12.0 Å². The predicted molar refractivity (Wildman–Crippen MR) is 136 cm³/mol. The van der Waals surface area contributed by atoms with E-state index in [-0.39, 0.29) is 24.6 Å². The van der Waals surface area contributed by atoms with Gasteiger partial charge < -0.3 is 15.3 Å². The Bertz CT molecular complexity index is 1300. The molecule has 1 aromatic heterocycles. The van der Waals surface area contributed by atoms with E-state index < -0.39 is 17.0 Å². The van der Waals surface area contributed by atoms with Crippen molar-refractivity contribution >= 4 is 39.3 Å². The Morgan fingerprint density at radius 2 is 1.70 bits per heavy atom. The number of likely N-dealkylation sites (tertiary alicyclic amines) is 1. The molecule has 2 N–H and O–H groups in total. The number of nitrogens with zero attached hydrogens (tertiary/aromatic N) is 3. The molecular formula is C26H24ClF3N4O3. The fourth-order valence-corrected chi connectivity index (χ4v) is 4.02. The molecule has 0 bridgehead atoms. The zero-order chi connectivity index (χ0) is 27.2. The third-order valence-electron chi connectivity index (χ3n) is 5.76. The third kappa shape index (κ3) is 6.72. The normalized spacial score (nSPS) is 17.1. The number of halogens is 4. The van der Waals surface area contributed by atoms with Gasteiger partial charge in [-0.1, -0.05) is 49.6 Å². The third-order valence-corrected chi connectivity index (χ3v) is 5.91. The van der Waals surface area contributed by atoms with Crippen LogP contribution in [0.15, 0.2) is 73.8 Å². The van der Waals surface area contributed by atoms with E-state index in [1.807, 2.05) is 24.3 Å². The highest BCUT2D eigenvalue weighted by atomic mass is 35.5. The van der Waals surface area contributed by atoms with Crippen LogP contribution in [0.2, 0.25) is 0 Å². The summed E-state index contributed by atoms with van der Waals surface area (Å²) in [4.78, 5) is 23.1. The summed E-state index contributed by atoms with van der Waals surface area (Å²) < 4.78 is 38.7. The molecule has 1 aliphatic rings. The second-order valence-corrected chi connectivity index (χ2v) is 8.51. The molecule has 1 amide bonds. The summed E-state index contributed by atoms with van der Waals surface area (Å²) in [7, 11) is 0. The number of benzene rings is 2. The number of carbonyl (C=O) groups is 2. The summed E-state index contributed by atoms with van der Waals surface area (Å²) in [5.41, 5.74) is 0.273. The van der Waals surface area contributed by atoms with E-state index in [0.717, 1.165) is 29.0 Å². The molecule has 0 saturated carbocycles. The number of hydrogen-bond acceptors (Lipinski definition) is 6. The average Bonchev–Trinajstić information content (AvgIpc) is 3.31. The molecule has 4 rings (SSSR count). The number of aliphatic hydroxyl groups is 1. The second-order valence-electron chi connectivity index (χ2n) is 8.13. The highest BCUT2D eigenvalue weighted by molar-refractivity contribution is 6.66. The number of carbonyl (C=O) groups excluding carboxylic acids is 2. The minimum Gasteiger partial charge on any atom is -0.394 e. The van der Waals surface area contributed by atoms with Gasteiger partial charge in [0, 0.05) is 28.9 Å². The molecule has 0 radical (unpaired) electrons. The number of hydrogen-bond donors (Lipinski definition) is 2. The lowest BCUT2D eigenvalue weighted by Gasteiger charge is -2.20. The summed E-state index contributed by atoms with van der Waals surface area (Å²) in [6.07, 6.45) is -1.61. The molecule has 2 atom stereocenters. The molecule has 1 aliphatic heterocycles. The van der Waals surface area contributed by atoms with E-state index >= 15 is 0 Å². The van der Waals surface area contributed by atoms with E-state index in [2.05, 4.69) is 28.7 Å². The van der Waals surface area contributed by atoms with Gasteiger partial charge in [0.15, 0.2) is 5.82 Å². The number of anilines is 1. The highest BCUT2D eigenvalue weighted by Gasteiger charge is 2.34. The van der Waals surface area contributed by atoms with Crippen molar-refractivity contribution in [1.82, 2.24) is 15.1 Å². The first kappa shape index (κ1) is 27.8. The zero-order valence-electron chi connectivity index (χ0n) is 19.6. The van der Waals surface area contributed by atoms with Crippen LogP contribution in [-0.4, -0.2) is 56.6 Å². The summed E-state index contributed by atoms with van der Waals surface area (Å²) in [6.45, 7) is 6.81. The SMILES string of the molecule is C=CC(=O)Cl.C=CC(=O)N1C[C@@H](Nc2nnc(-c3ccc(C(F)(F)F)cc3)c3ccccc23)C[C@H]1CO. The summed E-state index contributed by atoms with van der Waals surface area (Å²) in [6, 6.07) is 11.7. The van der Waals surface area contributed by atoms with Gasteiger partial charge in [0.1, 0.15) is 5.69 Å². The van der Waals surface area contributed by atoms with Gasteiger partial charge in [-0.2, -0.15) is 13.2 Å². The molecule has 0 unspecified atom stereocenters. The molecular weight excluding hydrogens is 509 g/mol. The summed E-state index contributed by atoms with van der Waals surface area (Å²) in [5, 5.41) is 22.5. The number of nitrogens with one attached hydrogen (secondary N) is 1. The average molecular weight is 533 g/mol. The smallest absolute Gasteiger partial charge is 0.394 e. The van der Waals surface area contributed by atoms with Crippen LogP contribution in [0.4, 0.5) is 19.0 Å². The van der Waals surface area contributed by atoms with Crippen LogP contribution in [0.25, 0.3) is 22.0 Å². The Kier molecular flexibility index (Phi) is 9.01. The van der Waals surface area contributed by atoms with Gasteiger partial charge in [-0.05, 0) is 42.3 Å². The molecule has 0 aliphatic carbocycles. The van der Waals surface area contributed by atoms with Crippen LogP contribution in [0.3, 0.4) is 0 Å². The zero-order valence-corrected chi connectivity index (χ0v) is 20.3. The van der Waals surface area contributed by atoms with Crippen molar-refractivity contribution in [3.8, 4) is 11.3 Å². The Morgan fingerprint density at radius 1 is 1.08 bits per heavy atom.